The Morgan fingerprint density at radius 3 is 2.78 bits per heavy atom. The number of carbonyl (C=O) groups is 1. The molecule has 2 N–H and O–H groups in total. The van der Waals surface area contributed by atoms with E-state index in [1.807, 2.05) is 6.07 Å². The number of hydrogen-bond donors (Lipinski definition) is 2. The summed E-state index contributed by atoms with van der Waals surface area (Å²) < 4.78 is 0. The average Bonchev–Trinajstić information content (AvgIpc) is 2.37. The molecule has 0 aliphatic carbocycles. The van der Waals surface area contributed by atoms with Crippen LogP contribution >= 0.6 is 0 Å². The van der Waals surface area contributed by atoms with Gasteiger partial charge in [-0.05, 0) is 24.0 Å². The topological polar surface area (TPSA) is 70.2 Å². The fourth-order valence-electron chi connectivity index (χ4n) is 2.06. The largest absolute Gasteiger partial charge is 0.477 e. The third kappa shape index (κ3) is 1.90. The molecule has 1 heterocycles. The molecule has 0 amide bonds. The van der Waals surface area contributed by atoms with E-state index >= 15 is 0 Å². The van der Waals surface area contributed by atoms with Gasteiger partial charge in [0.2, 0.25) is 5.43 Å². The molecule has 0 bridgehead atoms. The number of H-pyrrole nitrogens is 1. The Balaban J connectivity index is 2.78. The molecule has 0 fully saturated rings. The van der Waals surface area contributed by atoms with Crippen molar-refractivity contribution in [3.8, 4) is 0 Å². The minimum absolute atomic E-state index is 0.219. The second kappa shape index (κ2) is 4.64. The Bertz CT molecular complexity index is 658. The smallest absolute Gasteiger partial charge is 0.341 e. The van der Waals surface area contributed by atoms with Crippen molar-refractivity contribution in [3.05, 3.63) is 45.7 Å². The van der Waals surface area contributed by atoms with Gasteiger partial charge in [0.1, 0.15) is 5.56 Å². The van der Waals surface area contributed by atoms with Gasteiger partial charge >= 0.3 is 5.97 Å². The lowest BCUT2D eigenvalue weighted by atomic mass is 9.95. The molecule has 18 heavy (non-hydrogen) atoms. The number of para-hydroxylation sites is 1. The van der Waals surface area contributed by atoms with Crippen LogP contribution in [0.4, 0.5) is 0 Å². The highest BCUT2D eigenvalue weighted by atomic mass is 16.4. The molecule has 0 saturated carbocycles. The number of nitrogens with one attached hydrogen (secondary N) is 1. The fourth-order valence-corrected chi connectivity index (χ4v) is 2.06. The van der Waals surface area contributed by atoms with Crippen molar-refractivity contribution in [3.63, 3.8) is 0 Å². The van der Waals surface area contributed by atoms with Crippen molar-refractivity contribution in [1.29, 1.82) is 0 Å². The van der Waals surface area contributed by atoms with Gasteiger partial charge in [0.25, 0.3) is 0 Å². The van der Waals surface area contributed by atoms with Crippen molar-refractivity contribution in [1.82, 2.24) is 4.98 Å². The molecule has 4 heteroatoms. The van der Waals surface area contributed by atoms with Crippen LogP contribution in [0.3, 0.4) is 0 Å². The lowest BCUT2D eigenvalue weighted by Crippen LogP contribution is -2.16. The van der Waals surface area contributed by atoms with Gasteiger partial charge in [-0.2, -0.15) is 0 Å². The SMILES string of the molecule is CCC(C)c1cccc2c(=O)c(C(=O)O)c[nH]c12. The van der Waals surface area contributed by atoms with E-state index in [0.29, 0.717) is 11.3 Å². The summed E-state index contributed by atoms with van der Waals surface area (Å²) in [5.74, 6) is -0.882. The van der Waals surface area contributed by atoms with Gasteiger partial charge in [-0.15, -0.1) is 0 Å². The zero-order chi connectivity index (χ0) is 13.3. The predicted octanol–water partition coefficient (Wildman–Crippen LogP) is 2.74. The molecule has 2 rings (SSSR count). The molecule has 2 aromatic rings. The molecular weight excluding hydrogens is 230 g/mol. The molecule has 1 unspecified atom stereocenters. The van der Waals surface area contributed by atoms with Gasteiger partial charge in [-0.25, -0.2) is 4.79 Å². The van der Waals surface area contributed by atoms with Crippen LogP contribution in [0.1, 0.15) is 42.1 Å². The number of fused-ring (bicyclic) bond motifs is 1. The van der Waals surface area contributed by atoms with E-state index in [1.165, 1.54) is 6.20 Å². The van der Waals surface area contributed by atoms with Gasteiger partial charge in [-0.1, -0.05) is 26.0 Å². The third-order valence-corrected chi connectivity index (χ3v) is 3.32. The van der Waals surface area contributed by atoms with Crippen LogP contribution in [0.15, 0.2) is 29.2 Å². The highest BCUT2D eigenvalue weighted by molar-refractivity contribution is 5.93. The molecule has 1 aromatic heterocycles. The van der Waals surface area contributed by atoms with E-state index in [4.69, 9.17) is 5.11 Å². The lowest BCUT2D eigenvalue weighted by molar-refractivity contribution is 0.0695. The summed E-state index contributed by atoms with van der Waals surface area (Å²) in [6.07, 6.45) is 2.24. The van der Waals surface area contributed by atoms with E-state index in [9.17, 15) is 9.59 Å². The first-order valence-corrected chi connectivity index (χ1v) is 5.93. The quantitative estimate of drug-likeness (QED) is 0.873. The van der Waals surface area contributed by atoms with E-state index < -0.39 is 11.4 Å². The van der Waals surface area contributed by atoms with Crippen LogP contribution in [0.5, 0.6) is 0 Å². The first-order chi connectivity index (χ1) is 8.56. The summed E-state index contributed by atoms with van der Waals surface area (Å²) in [5.41, 5.74) is 1.14. The number of aromatic carboxylic acids is 1. The summed E-state index contributed by atoms with van der Waals surface area (Å²) in [7, 11) is 0. The summed E-state index contributed by atoms with van der Waals surface area (Å²) in [6.45, 7) is 4.16. The van der Waals surface area contributed by atoms with Gasteiger partial charge in [0, 0.05) is 11.6 Å². The second-order valence-corrected chi connectivity index (χ2v) is 4.42. The number of carboxylic acids is 1. The summed E-state index contributed by atoms with van der Waals surface area (Å²) in [6, 6.07) is 5.42. The van der Waals surface area contributed by atoms with Crippen molar-refractivity contribution in [2.45, 2.75) is 26.2 Å². The molecule has 0 spiro atoms. The first kappa shape index (κ1) is 12.4. The van der Waals surface area contributed by atoms with Crippen molar-refractivity contribution in [2.24, 2.45) is 0 Å². The third-order valence-electron chi connectivity index (χ3n) is 3.32. The zero-order valence-corrected chi connectivity index (χ0v) is 10.4. The number of carboxylic acid groups (broad SMARTS) is 1. The van der Waals surface area contributed by atoms with E-state index in [1.54, 1.807) is 12.1 Å². The lowest BCUT2D eigenvalue weighted by Gasteiger charge is -2.12. The molecule has 4 nitrogen and oxygen atoms in total. The molecule has 0 aliphatic heterocycles. The first-order valence-electron chi connectivity index (χ1n) is 5.93. The maximum Gasteiger partial charge on any atom is 0.341 e. The average molecular weight is 245 g/mol. The highest BCUT2D eigenvalue weighted by Gasteiger charge is 2.14. The Morgan fingerprint density at radius 1 is 1.44 bits per heavy atom. The molecule has 0 aliphatic rings. The number of benzene rings is 1. The minimum atomic E-state index is -1.20. The van der Waals surface area contributed by atoms with Gasteiger partial charge in [-0.3, -0.25) is 4.79 Å². The Hall–Kier alpha value is -2.10. The van der Waals surface area contributed by atoms with Crippen LogP contribution in [-0.2, 0) is 0 Å². The highest BCUT2D eigenvalue weighted by Crippen LogP contribution is 2.24. The zero-order valence-electron chi connectivity index (χ0n) is 10.4. The van der Waals surface area contributed by atoms with Crippen LogP contribution < -0.4 is 5.43 Å². The fraction of sp³-hybridized carbons (Fsp3) is 0.286. The van der Waals surface area contributed by atoms with Crippen LogP contribution in [-0.4, -0.2) is 16.1 Å². The predicted molar refractivity (Wildman–Crippen MR) is 70.2 cm³/mol. The summed E-state index contributed by atoms with van der Waals surface area (Å²) in [5, 5.41) is 9.37. The maximum atomic E-state index is 12.0. The number of hydrogen-bond acceptors (Lipinski definition) is 2. The number of aromatic nitrogens is 1. The minimum Gasteiger partial charge on any atom is -0.477 e. The molecule has 0 radical (unpaired) electrons. The number of pyridine rings is 1. The molecule has 0 saturated heterocycles. The second-order valence-electron chi connectivity index (χ2n) is 4.42. The van der Waals surface area contributed by atoms with Gasteiger partial charge in [0.05, 0.1) is 5.52 Å². The van der Waals surface area contributed by atoms with E-state index in [0.717, 1.165) is 17.5 Å². The Labute approximate surface area is 104 Å². The normalized spacial score (nSPS) is 12.6. The monoisotopic (exact) mass is 245 g/mol. The number of aromatic amines is 1. The van der Waals surface area contributed by atoms with Crippen molar-refractivity contribution >= 4 is 16.9 Å². The van der Waals surface area contributed by atoms with Gasteiger partial charge in [0.15, 0.2) is 0 Å². The van der Waals surface area contributed by atoms with Crippen LogP contribution in [0.25, 0.3) is 10.9 Å². The van der Waals surface area contributed by atoms with Crippen molar-refractivity contribution < 1.29 is 9.90 Å². The Morgan fingerprint density at radius 2 is 2.17 bits per heavy atom. The molecule has 94 valence electrons. The Kier molecular flexibility index (Phi) is 3.19. The summed E-state index contributed by atoms with van der Waals surface area (Å²) >= 11 is 0. The van der Waals surface area contributed by atoms with Gasteiger partial charge < -0.3 is 10.1 Å². The molecule has 1 aromatic carbocycles. The van der Waals surface area contributed by atoms with Crippen molar-refractivity contribution in [2.75, 3.05) is 0 Å². The summed E-state index contributed by atoms with van der Waals surface area (Å²) in [4.78, 5) is 25.9. The standard InChI is InChI=1S/C14H15NO3/c1-3-8(2)9-5-4-6-10-12(9)15-7-11(13(10)16)14(17)18/h4-8H,3H2,1-2H3,(H,15,16)(H,17,18). The maximum absolute atomic E-state index is 12.0. The van der Waals surface area contributed by atoms with Crippen LogP contribution in [0, 0.1) is 0 Å². The number of rotatable bonds is 3. The van der Waals surface area contributed by atoms with E-state index in [2.05, 4.69) is 18.8 Å². The molecular formula is C14H15NO3. The van der Waals surface area contributed by atoms with E-state index in [-0.39, 0.29) is 5.56 Å². The molecule has 1 atom stereocenters. The van der Waals surface area contributed by atoms with Crippen LogP contribution in [0.2, 0.25) is 0 Å².